The lowest BCUT2D eigenvalue weighted by Gasteiger charge is -2.26. The maximum Gasteiger partial charge on any atom is 0.416 e. The SMILES string of the molecule is Cc1nc(CC(=O)NC2CCC2)c(C2CCCO2)c(NCc2cccc(C(F)(F)F)c2C)n1. The van der Waals surface area contributed by atoms with Crippen molar-refractivity contribution in [3.05, 3.63) is 52.0 Å². The predicted molar refractivity (Wildman–Crippen MR) is 118 cm³/mol. The van der Waals surface area contributed by atoms with Crippen LogP contribution < -0.4 is 10.6 Å². The fourth-order valence-corrected chi connectivity index (χ4v) is 4.40. The number of aryl methyl sites for hydroxylation is 1. The summed E-state index contributed by atoms with van der Waals surface area (Å²) in [7, 11) is 0. The van der Waals surface area contributed by atoms with Crippen LogP contribution in [0.2, 0.25) is 0 Å². The highest BCUT2D eigenvalue weighted by Crippen LogP contribution is 2.36. The van der Waals surface area contributed by atoms with Gasteiger partial charge in [0.2, 0.25) is 5.91 Å². The molecule has 6 nitrogen and oxygen atoms in total. The van der Waals surface area contributed by atoms with Crippen LogP contribution in [-0.4, -0.2) is 28.5 Å². The van der Waals surface area contributed by atoms with Crippen molar-refractivity contribution in [2.45, 2.75) is 77.2 Å². The molecule has 2 N–H and O–H groups in total. The summed E-state index contributed by atoms with van der Waals surface area (Å²) < 4.78 is 45.8. The molecule has 1 aromatic carbocycles. The van der Waals surface area contributed by atoms with E-state index < -0.39 is 11.7 Å². The molecular formula is C24H29F3N4O2. The van der Waals surface area contributed by atoms with Crippen LogP contribution in [0.15, 0.2) is 18.2 Å². The van der Waals surface area contributed by atoms with Crippen molar-refractivity contribution in [3.63, 3.8) is 0 Å². The van der Waals surface area contributed by atoms with Gasteiger partial charge in [-0.1, -0.05) is 12.1 Å². The number of amides is 1. The first-order chi connectivity index (χ1) is 15.7. The lowest BCUT2D eigenvalue weighted by molar-refractivity contribution is -0.138. The minimum absolute atomic E-state index is 0.0864. The Kier molecular flexibility index (Phi) is 6.88. The number of hydrogen-bond acceptors (Lipinski definition) is 5. The number of ether oxygens (including phenoxy) is 1. The van der Waals surface area contributed by atoms with E-state index in [2.05, 4.69) is 20.6 Å². The van der Waals surface area contributed by atoms with Crippen LogP contribution in [0.5, 0.6) is 0 Å². The zero-order valence-corrected chi connectivity index (χ0v) is 18.9. The first-order valence-electron chi connectivity index (χ1n) is 11.4. The van der Waals surface area contributed by atoms with Crippen molar-refractivity contribution >= 4 is 11.7 Å². The van der Waals surface area contributed by atoms with E-state index in [1.807, 2.05) is 0 Å². The highest BCUT2D eigenvalue weighted by atomic mass is 19.4. The standard InChI is InChI=1S/C24H29F3N4O2/c1-14-16(6-3-9-18(14)24(25,26)27)13-28-23-22(20-10-5-11-33-20)19(29-15(2)30-23)12-21(32)31-17-7-4-8-17/h3,6,9,17,20H,4-5,7-8,10-13H2,1-2H3,(H,31,32)(H,28,29,30). The van der Waals surface area contributed by atoms with Gasteiger partial charge < -0.3 is 15.4 Å². The molecule has 1 saturated carbocycles. The minimum Gasteiger partial charge on any atom is -0.373 e. The molecule has 0 spiro atoms. The zero-order chi connectivity index (χ0) is 23.6. The van der Waals surface area contributed by atoms with Gasteiger partial charge in [0.1, 0.15) is 11.6 Å². The zero-order valence-electron chi connectivity index (χ0n) is 18.9. The molecule has 1 unspecified atom stereocenters. The number of carbonyl (C=O) groups is 1. The third-order valence-electron chi connectivity index (χ3n) is 6.38. The van der Waals surface area contributed by atoms with Crippen LogP contribution in [0.25, 0.3) is 0 Å². The fourth-order valence-electron chi connectivity index (χ4n) is 4.40. The molecule has 1 atom stereocenters. The molecule has 33 heavy (non-hydrogen) atoms. The first kappa shape index (κ1) is 23.5. The maximum absolute atomic E-state index is 13.3. The normalized spacial score (nSPS) is 18.8. The lowest BCUT2D eigenvalue weighted by atomic mass is 9.93. The molecule has 4 rings (SSSR count). The van der Waals surface area contributed by atoms with Crippen LogP contribution in [0.1, 0.15) is 72.0 Å². The molecule has 0 radical (unpaired) electrons. The molecule has 1 amide bonds. The molecule has 1 aliphatic carbocycles. The second-order valence-corrected chi connectivity index (χ2v) is 8.79. The highest BCUT2D eigenvalue weighted by molar-refractivity contribution is 5.79. The van der Waals surface area contributed by atoms with Crippen molar-refractivity contribution in [2.75, 3.05) is 11.9 Å². The molecule has 2 fully saturated rings. The number of alkyl halides is 3. The number of aromatic nitrogens is 2. The molecule has 9 heteroatoms. The molecule has 0 bridgehead atoms. The average molecular weight is 463 g/mol. The quantitative estimate of drug-likeness (QED) is 0.619. The summed E-state index contributed by atoms with van der Waals surface area (Å²) in [6, 6.07) is 4.40. The van der Waals surface area contributed by atoms with E-state index >= 15 is 0 Å². The van der Waals surface area contributed by atoms with Gasteiger partial charge in [-0.2, -0.15) is 13.2 Å². The van der Waals surface area contributed by atoms with E-state index in [0.717, 1.165) is 43.7 Å². The van der Waals surface area contributed by atoms with Crippen LogP contribution in [0.4, 0.5) is 19.0 Å². The molecule has 178 valence electrons. The molecule has 1 aliphatic heterocycles. The largest absolute Gasteiger partial charge is 0.416 e. The minimum atomic E-state index is -4.41. The lowest BCUT2D eigenvalue weighted by Crippen LogP contribution is -2.40. The fraction of sp³-hybridized carbons (Fsp3) is 0.542. The van der Waals surface area contributed by atoms with Crippen molar-refractivity contribution in [2.24, 2.45) is 0 Å². The predicted octanol–water partition coefficient (Wildman–Crippen LogP) is 4.79. The Balaban J connectivity index is 1.61. The molecule has 2 aromatic rings. The molecular weight excluding hydrogens is 433 g/mol. The first-order valence-corrected chi connectivity index (χ1v) is 11.4. The summed E-state index contributed by atoms with van der Waals surface area (Å²) in [5, 5.41) is 6.25. The summed E-state index contributed by atoms with van der Waals surface area (Å²) in [5.41, 5.74) is 1.40. The molecule has 2 aliphatic rings. The molecule has 1 saturated heterocycles. The van der Waals surface area contributed by atoms with E-state index in [-0.39, 0.29) is 36.6 Å². The molecule has 1 aromatic heterocycles. The van der Waals surface area contributed by atoms with Gasteiger partial charge in [0.15, 0.2) is 0 Å². The van der Waals surface area contributed by atoms with Crippen LogP contribution in [0.3, 0.4) is 0 Å². The van der Waals surface area contributed by atoms with Gasteiger partial charge in [-0.25, -0.2) is 9.97 Å². The highest BCUT2D eigenvalue weighted by Gasteiger charge is 2.33. The number of nitrogens with one attached hydrogen (secondary N) is 2. The topological polar surface area (TPSA) is 76.1 Å². The molecule has 2 heterocycles. The van der Waals surface area contributed by atoms with Crippen molar-refractivity contribution in [1.82, 2.24) is 15.3 Å². The second kappa shape index (κ2) is 9.67. The van der Waals surface area contributed by atoms with Gasteiger partial charge in [-0.3, -0.25) is 4.79 Å². The van der Waals surface area contributed by atoms with Crippen molar-refractivity contribution in [3.8, 4) is 0 Å². The monoisotopic (exact) mass is 462 g/mol. The van der Waals surface area contributed by atoms with Crippen molar-refractivity contribution in [1.29, 1.82) is 0 Å². The van der Waals surface area contributed by atoms with Crippen LogP contribution in [-0.2, 0) is 28.7 Å². The third-order valence-corrected chi connectivity index (χ3v) is 6.38. The van der Waals surface area contributed by atoms with Gasteiger partial charge in [0, 0.05) is 24.8 Å². The van der Waals surface area contributed by atoms with Crippen LogP contribution in [0, 0.1) is 13.8 Å². The number of hydrogen-bond donors (Lipinski definition) is 2. The van der Waals surface area contributed by atoms with E-state index in [9.17, 15) is 18.0 Å². The summed E-state index contributed by atoms with van der Waals surface area (Å²) in [6.45, 7) is 3.99. The van der Waals surface area contributed by atoms with Gasteiger partial charge in [0.05, 0.1) is 23.8 Å². The smallest absolute Gasteiger partial charge is 0.373 e. The number of benzene rings is 1. The second-order valence-electron chi connectivity index (χ2n) is 8.79. The van der Waals surface area contributed by atoms with Gasteiger partial charge >= 0.3 is 6.18 Å². The summed E-state index contributed by atoms with van der Waals surface area (Å²) in [4.78, 5) is 21.7. The number of nitrogens with zero attached hydrogens (tertiary/aromatic N) is 2. The number of halogens is 3. The van der Waals surface area contributed by atoms with E-state index in [1.54, 1.807) is 13.0 Å². The van der Waals surface area contributed by atoms with E-state index in [0.29, 0.717) is 29.5 Å². The number of anilines is 1. The van der Waals surface area contributed by atoms with Gasteiger partial charge in [0.25, 0.3) is 0 Å². The summed E-state index contributed by atoms with van der Waals surface area (Å²) in [6.07, 6.45) is 0.247. The van der Waals surface area contributed by atoms with Gasteiger partial charge in [-0.05, 0) is 63.1 Å². The Morgan fingerprint density at radius 1 is 1.15 bits per heavy atom. The Hall–Kier alpha value is -2.68. The van der Waals surface area contributed by atoms with E-state index in [1.165, 1.54) is 13.0 Å². The Morgan fingerprint density at radius 2 is 1.94 bits per heavy atom. The Morgan fingerprint density at radius 3 is 2.58 bits per heavy atom. The van der Waals surface area contributed by atoms with Crippen molar-refractivity contribution < 1.29 is 22.7 Å². The van der Waals surface area contributed by atoms with E-state index in [4.69, 9.17) is 4.74 Å². The summed E-state index contributed by atoms with van der Waals surface area (Å²) in [5.74, 6) is 0.917. The maximum atomic E-state index is 13.3. The average Bonchev–Trinajstić information content (AvgIpc) is 3.23. The Bertz CT molecular complexity index is 1020. The summed E-state index contributed by atoms with van der Waals surface area (Å²) >= 11 is 0. The third kappa shape index (κ3) is 5.46. The van der Waals surface area contributed by atoms with Crippen LogP contribution >= 0.6 is 0 Å². The number of carbonyl (C=O) groups excluding carboxylic acids is 1. The Labute approximate surface area is 191 Å². The van der Waals surface area contributed by atoms with Gasteiger partial charge in [-0.15, -0.1) is 0 Å². The number of rotatable bonds is 7.